The first-order valence-corrected chi connectivity index (χ1v) is 10.3. The molecule has 0 bridgehead atoms. The highest BCUT2D eigenvalue weighted by atomic mass is 16.4. The third-order valence-electron chi connectivity index (χ3n) is 5.28. The monoisotopic (exact) mass is 443 g/mol. The molecule has 0 aliphatic carbocycles. The molecule has 1 unspecified atom stereocenters. The van der Waals surface area contributed by atoms with Gasteiger partial charge in [0, 0.05) is 13.1 Å². The Hall–Kier alpha value is -4.54. The molecule has 11 nitrogen and oxygen atoms in total. The molecule has 5 aromatic rings. The van der Waals surface area contributed by atoms with Gasteiger partial charge in [0.25, 0.3) is 11.4 Å². The summed E-state index contributed by atoms with van der Waals surface area (Å²) in [6.45, 7) is 5.45. The summed E-state index contributed by atoms with van der Waals surface area (Å²) in [7, 11) is 0. The lowest BCUT2D eigenvalue weighted by atomic mass is 10.2. The Bertz CT molecular complexity index is 1520. The molecular weight excluding hydrogens is 422 g/mol. The molecule has 4 heterocycles. The van der Waals surface area contributed by atoms with Crippen molar-refractivity contribution in [3.63, 3.8) is 0 Å². The number of rotatable bonds is 5. The third-order valence-corrected chi connectivity index (χ3v) is 5.28. The standard InChI is InChI=1S/C22H21N9O2/c1-12-9-10-30-17(12)22(32)31(15-7-5-4-6-8-15)20(29-30)13(2)26-19-16(18(23)24-11-25-19)21-28-27-14(3)33-21/h4-11,13H,1-3H3,(H3,23,24,25,26). The highest BCUT2D eigenvalue weighted by Crippen LogP contribution is 2.31. The van der Waals surface area contributed by atoms with Gasteiger partial charge >= 0.3 is 0 Å². The lowest BCUT2D eigenvalue weighted by Crippen LogP contribution is -2.29. The molecule has 11 heteroatoms. The van der Waals surface area contributed by atoms with Crippen LogP contribution in [-0.2, 0) is 0 Å². The van der Waals surface area contributed by atoms with E-state index in [1.807, 2.05) is 50.2 Å². The van der Waals surface area contributed by atoms with Gasteiger partial charge in [0.2, 0.25) is 5.89 Å². The quantitative estimate of drug-likeness (QED) is 0.419. The van der Waals surface area contributed by atoms with Crippen LogP contribution in [0.4, 0.5) is 11.6 Å². The van der Waals surface area contributed by atoms with E-state index >= 15 is 0 Å². The summed E-state index contributed by atoms with van der Waals surface area (Å²) in [5.74, 6) is 1.65. The van der Waals surface area contributed by atoms with Crippen LogP contribution in [0.1, 0.15) is 30.2 Å². The Morgan fingerprint density at radius 3 is 2.61 bits per heavy atom. The van der Waals surface area contributed by atoms with E-state index < -0.39 is 6.04 Å². The molecule has 4 aromatic heterocycles. The van der Waals surface area contributed by atoms with Crippen LogP contribution in [-0.4, -0.2) is 34.3 Å². The molecule has 1 aromatic carbocycles. The number of nitrogens with one attached hydrogen (secondary N) is 1. The molecule has 0 saturated heterocycles. The molecule has 0 amide bonds. The van der Waals surface area contributed by atoms with Crippen molar-refractivity contribution in [1.82, 2.24) is 34.3 Å². The van der Waals surface area contributed by atoms with E-state index in [2.05, 4.69) is 25.5 Å². The first-order chi connectivity index (χ1) is 15.9. The molecule has 3 N–H and O–H groups in total. The zero-order chi connectivity index (χ0) is 23.1. The minimum atomic E-state index is -0.456. The maximum atomic E-state index is 13.5. The first-order valence-electron chi connectivity index (χ1n) is 10.3. The summed E-state index contributed by atoms with van der Waals surface area (Å²) in [5, 5.41) is 16.0. The summed E-state index contributed by atoms with van der Waals surface area (Å²) in [6.07, 6.45) is 3.11. The normalized spacial score (nSPS) is 12.2. The zero-order valence-electron chi connectivity index (χ0n) is 18.2. The maximum Gasteiger partial charge on any atom is 0.282 e. The average molecular weight is 443 g/mol. The van der Waals surface area contributed by atoms with Crippen molar-refractivity contribution in [2.24, 2.45) is 0 Å². The van der Waals surface area contributed by atoms with Crippen LogP contribution in [0.2, 0.25) is 0 Å². The number of nitrogen functional groups attached to an aromatic ring is 1. The highest BCUT2D eigenvalue weighted by Gasteiger charge is 2.23. The molecule has 166 valence electrons. The largest absolute Gasteiger partial charge is 0.421 e. The van der Waals surface area contributed by atoms with E-state index in [1.165, 1.54) is 6.33 Å². The summed E-state index contributed by atoms with van der Waals surface area (Å²) in [5.41, 5.74) is 8.39. The Morgan fingerprint density at radius 2 is 1.88 bits per heavy atom. The van der Waals surface area contributed by atoms with Crippen molar-refractivity contribution in [2.75, 3.05) is 11.1 Å². The summed E-state index contributed by atoms with van der Waals surface area (Å²) >= 11 is 0. The molecule has 33 heavy (non-hydrogen) atoms. The van der Waals surface area contributed by atoms with E-state index in [-0.39, 0.29) is 17.3 Å². The van der Waals surface area contributed by atoms with Crippen LogP contribution in [0, 0.1) is 13.8 Å². The third kappa shape index (κ3) is 3.49. The van der Waals surface area contributed by atoms with Gasteiger partial charge in [-0.05, 0) is 37.6 Å². The number of fused-ring (bicyclic) bond motifs is 1. The van der Waals surface area contributed by atoms with E-state index in [9.17, 15) is 4.79 Å². The Labute approximate surface area is 187 Å². The fourth-order valence-corrected chi connectivity index (χ4v) is 3.73. The second kappa shape index (κ2) is 7.86. The van der Waals surface area contributed by atoms with E-state index in [1.54, 1.807) is 22.2 Å². The van der Waals surface area contributed by atoms with Crippen molar-refractivity contribution in [2.45, 2.75) is 26.8 Å². The van der Waals surface area contributed by atoms with Crippen molar-refractivity contribution in [3.05, 3.63) is 76.6 Å². The van der Waals surface area contributed by atoms with Gasteiger partial charge in [-0.1, -0.05) is 18.2 Å². The molecule has 0 fully saturated rings. The minimum Gasteiger partial charge on any atom is -0.421 e. The second-order valence-electron chi connectivity index (χ2n) is 7.60. The van der Waals surface area contributed by atoms with Crippen LogP contribution in [0.3, 0.4) is 0 Å². The predicted octanol–water partition coefficient (Wildman–Crippen LogP) is 2.70. The highest BCUT2D eigenvalue weighted by molar-refractivity contribution is 5.78. The minimum absolute atomic E-state index is 0.169. The van der Waals surface area contributed by atoms with Crippen LogP contribution >= 0.6 is 0 Å². The number of para-hydroxylation sites is 1. The van der Waals surface area contributed by atoms with Crippen molar-refractivity contribution in [3.8, 4) is 17.1 Å². The van der Waals surface area contributed by atoms with Crippen LogP contribution in [0.25, 0.3) is 22.7 Å². The summed E-state index contributed by atoms with van der Waals surface area (Å²) in [6, 6.07) is 10.8. The van der Waals surface area contributed by atoms with Gasteiger partial charge < -0.3 is 15.5 Å². The van der Waals surface area contributed by atoms with Gasteiger partial charge in [-0.25, -0.2) is 14.5 Å². The Balaban J connectivity index is 1.66. The summed E-state index contributed by atoms with van der Waals surface area (Å²) < 4.78 is 8.75. The van der Waals surface area contributed by atoms with Crippen molar-refractivity contribution in [1.29, 1.82) is 0 Å². The molecule has 1 atom stereocenters. The molecular formula is C22H21N9O2. The smallest absolute Gasteiger partial charge is 0.282 e. The van der Waals surface area contributed by atoms with Crippen LogP contribution in [0.15, 0.2) is 58.1 Å². The van der Waals surface area contributed by atoms with Crippen LogP contribution < -0.4 is 16.6 Å². The number of anilines is 2. The Kier molecular flexibility index (Phi) is 4.85. The average Bonchev–Trinajstić information content (AvgIpc) is 3.40. The van der Waals surface area contributed by atoms with Gasteiger partial charge in [-0.2, -0.15) is 5.10 Å². The molecule has 0 aliphatic rings. The van der Waals surface area contributed by atoms with Gasteiger partial charge in [0.1, 0.15) is 29.0 Å². The fourth-order valence-electron chi connectivity index (χ4n) is 3.73. The van der Waals surface area contributed by atoms with Crippen molar-refractivity contribution >= 4 is 17.2 Å². The number of hydrogen-bond donors (Lipinski definition) is 2. The van der Waals surface area contributed by atoms with E-state index in [4.69, 9.17) is 15.2 Å². The molecule has 0 aliphatic heterocycles. The number of nitrogens with two attached hydrogens (primary N) is 1. The number of aromatic nitrogens is 7. The fraction of sp³-hybridized carbons (Fsp3) is 0.182. The molecule has 0 radical (unpaired) electrons. The molecule has 0 saturated carbocycles. The molecule has 5 rings (SSSR count). The SMILES string of the molecule is Cc1nnc(-c2c(N)ncnc2NC(C)c2nn3ccc(C)c3c(=O)n2-c2ccccc2)o1. The van der Waals surface area contributed by atoms with Gasteiger partial charge in [0.05, 0.1) is 11.7 Å². The van der Waals surface area contributed by atoms with Crippen molar-refractivity contribution < 1.29 is 4.42 Å². The van der Waals surface area contributed by atoms with Gasteiger partial charge in [-0.3, -0.25) is 9.36 Å². The predicted molar refractivity (Wildman–Crippen MR) is 122 cm³/mol. The number of benzene rings is 1. The van der Waals surface area contributed by atoms with Gasteiger partial charge in [0.15, 0.2) is 5.82 Å². The second-order valence-corrected chi connectivity index (χ2v) is 7.60. The topological polar surface area (TPSA) is 142 Å². The molecule has 0 spiro atoms. The lowest BCUT2D eigenvalue weighted by Gasteiger charge is -2.20. The number of nitrogens with zero attached hydrogens (tertiary/aromatic N) is 7. The van der Waals surface area contributed by atoms with Gasteiger partial charge in [-0.15, -0.1) is 10.2 Å². The number of hydrogen-bond acceptors (Lipinski definition) is 9. The maximum absolute atomic E-state index is 13.5. The zero-order valence-corrected chi connectivity index (χ0v) is 18.2. The first kappa shape index (κ1) is 20.4. The lowest BCUT2D eigenvalue weighted by molar-refractivity contribution is 0.532. The number of aryl methyl sites for hydroxylation is 2. The Morgan fingerprint density at radius 1 is 1.09 bits per heavy atom. The van der Waals surface area contributed by atoms with Crippen LogP contribution in [0.5, 0.6) is 0 Å². The van der Waals surface area contributed by atoms with E-state index in [0.717, 1.165) is 5.56 Å². The van der Waals surface area contributed by atoms with E-state index in [0.29, 0.717) is 34.3 Å². The summed E-state index contributed by atoms with van der Waals surface area (Å²) in [4.78, 5) is 21.9.